The third-order valence-electron chi connectivity index (χ3n) is 2.71. The van der Waals surface area contributed by atoms with E-state index in [4.69, 9.17) is 4.74 Å². The number of hydrogen-bond donors (Lipinski definition) is 0. The Balaban J connectivity index is 2.34. The Morgan fingerprint density at radius 1 is 1.45 bits per heavy atom. The lowest BCUT2D eigenvalue weighted by atomic mass is 9.72. The molecule has 0 aromatic rings. The van der Waals surface area contributed by atoms with Crippen molar-refractivity contribution in [1.29, 1.82) is 0 Å². The Morgan fingerprint density at radius 2 is 2.18 bits per heavy atom. The molecule has 11 heavy (non-hydrogen) atoms. The smallest absolute Gasteiger partial charge is 0.0490 e. The molecule has 0 saturated heterocycles. The van der Waals surface area contributed by atoms with E-state index in [9.17, 15) is 0 Å². The zero-order valence-corrected chi connectivity index (χ0v) is 8.02. The highest BCUT2D eigenvalue weighted by molar-refractivity contribution is 4.78. The summed E-state index contributed by atoms with van der Waals surface area (Å²) in [7, 11) is 1.81. The zero-order valence-electron chi connectivity index (χ0n) is 8.02. The van der Waals surface area contributed by atoms with Gasteiger partial charge in [-0.25, -0.2) is 0 Å². The summed E-state index contributed by atoms with van der Waals surface area (Å²) in [6, 6.07) is 0. The van der Waals surface area contributed by atoms with E-state index >= 15 is 0 Å². The van der Waals surface area contributed by atoms with Crippen LogP contribution >= 0.6 is 0 Å². The van der Waals surface area contributed by atoms with Gasteiger partial charge in [0.05, 0.1) is 0 Å². The van der Waals surface area contributed by atoms with E-state index in [0.717, 1.165) is 12.5 Å². The molecule has 66 valence electrons. The Labute approximate surface area is 70.1 Å². The fourth-order valence-electron chi connectivity index (χ4n) is 2.23. The molecule has 1 aliphatic rings. The molecule has 1 nitrogen and oxygen atoms in total. The molecule has 1 aliphatic carbocycles. The Kier molecular flexibility index (Phi) is 2.94. The molecular weight excluding hydrogens is 136 g/mol. The van der Waals surface area contributed by atoms with Crippen LogP contribution in [0.4, 0.5) is 0 Å². The van der Waals surface area contributed by atoms with E-state index in [2.05, 4.69) is 13.8 Å². The minimum Gasteiger partial charge on any atom is -0.384 e. The zero-order chi connectivity index (χ0) is 8.32. The van der Waals surface area contributed by atoms with Gasteiger partial charge in [-0.15, -0.1) is 0 Å². The Hall–Kier alpha value is -0.0400. The summed E-state index contributed by atoms with van der Waals surface area (Å²) in [6.07, 6.45) is 5.51. The topological polar surface area (TPSA) is 9.23 Å². The van der Waals surface area contributed by atoms with Crippen molar-refractivity contribution in [2.75, 3.05) is 13.7 Å². The molecule has 1 atom stereocenters. The largest absolute Gasteiger partial charge is 0.384 e. The van der Waals surface area contributed by atoms with E-state index in [-0.39, 0.29) is 0 Å². The van der Waals surface area contributed by atoms with Gasteiger partial charge in [-0.3, -0.25) is 0 Å². The third kappa shape index (κ3) is 2.82. The Morgan fingerprint density at radius 3 is 2.73 bits per heavy atom. The van der Waals surface area contributed by atoms with E-state index in [1.54, 1.807) is 0 Å². The second-order valence-electron chi connectivity index (χ2n) is 4.58. The molecule has 1 fully saturated rings. The van der Waals surface area contributed by atoms with Crippen LogP contribution in [0.5, 0.6) is 0 Å². The summed E-state index contributed by atoms with van der Waals surface area (Å²) in [5, 5.41) is 0. The fraction of sp³-hybridized carbons (Fsp3) is 1.00. The van der Waals surface area contributed by atoms with Crippen LogP contribution in [0.1, 0.15) is 39.5 Å². The number of hydrogen-bond acceptors (Lipinski definition) is 1. The first-order valence-corrected chi connectivity index (χ1v) is 4.63. The van der Waals surface area contributed by atoms with Crippen LogP contribution < -0.4 is 0 Å². The molecule has 1 rings (SSSR count). The van der Waals surface area contributed by atoms with Crippen molar-refractivity contribution in [2.45, 2.75) is 39.5 Å². The SMILES string of the molecule is COCC1CCCC(C)(C)C1. The highest BCUT2D eigenvalue weighted by Crippen LogP contribution is 2.38. The molecule has 0 aliphatic heterocycles. The average Bonchev–Trinajstić information content (AvgIpc) is 1.85. The summed E-state index contributed by atoms with van der Waals surface area (Å²) in [6.45, 7) is 5.70. The molecule has 0 amide bonds. The van der Waals surface area contributed by atoms with Gasteiger partial charge in [-0.05, 0) is 30.6 Å². The highest BCUT2D eigenvalue weighted by atomic mass is 16.5. The van der Waals surface area contributed by atoms with E-state index < -0.39 is 0 Å². The van der Waals surface area contributed by atoms with Crippen molar-refractivity contribution >= 4 is 0 Å². The number of ether oxygens (including phenoxy) is 1. The lowest BCUT2D eigenvalue weighted by molar-refractivity contribution is 0.0880. The van der Waals surface area contributed by atoms with Gasteiger partial charge in [0, 0.05) is 13.7 Å². The van der Waals surface area contributed by atoms with Gasteiger partial charge in [0.25, 0.3) is 0 Å². The summed E-state index contributed by atoms with van der Waals surface area (Å²) in [4.78, 5) is 0. The molecule has 0 bridgehead atoms. The van der Waals surface area contributed by atoms with Crippen molar-refractivity contribution in [3.8, 4) is 0 Å². The second kappa shape index (κ2) is 3.57. The van der Waals surface area contributed by atoms with Gasteiger partial charge in [0.1, 0.15) is 0 Å². The maximum atomic E-state index is 5.17. The summed E-state index contributed by atoms with van der Waals surface area (Å²) in [5.41, 5.74) is 0.571. The summed E-state index contributed by atoms with van der Waals surface area (Å²) >= 11 is 0. The van der Waals surface area contributed by atoms with E-state index in [1.165, 1.54) is 25.7 Å². The van der Waals surface area contributed by atoms with Crippen molar-refractivity contribution in [3.05, 3.63) is 0 Å². The first kappa shape index (κ1) is 9.05. The van der Waals surface area contributed by atoms with Gasteiger partial charge in [-0.1, -0.05) is 20.3 Å². The minimum absolute atomic E-state index is 0.571. The standard InChI is InChI=1S/C10H20O/c1-10(2)6-4-5-9(7-10)8-11-3/h9H,4-8H2,1-3H3. The molecular formula is C10H20O. The third-order valence-corrected chi connectivity index (χ3v) is 2.71. The van der Waals surface area contributed by atoms with Gasteiger partial charge >= 0.3 is 0 Å². The van der Waals surface area contributed by atoms with Crippen LogP contribution in [-0.2, 0) is 4.74 Å². The maximum Gasteiger partial charge on any atom is 0.0490 e. The molecule has 1 saturated carbocycles. The van der Waals surface area contributed by atoms with Gasteiger partial charge in [0.2, 0.25) is 0 Å². The highest BCUT2D eigenvalue weighted by Gasteiger charge is 2.27. The minimum atomic E-state index is 0.571. The molecule has 0 spiro atoms. The predicted molar refractivity (Wildman–Crippen MR) is 47.6 cm³/mol. The molecule has 1 heteroatoms. The summed E-state index contributed by atoms with van der Waals surface area (Å²) < 4.78 is 5.17. The van der Waals surface area contributed by atoms with Crippen molar-refractivity contribution < 1.29 is 4.74 Å². The fourth-order valence-corrected chi connectivity index (χ4v) is 2.23. The Bertz CT molecular complexity index is 116. The molecule has 0 aromatic heterocycles. The maximum absolute atomic E-state index is 5.17. The monoisotopic (exact) mass is 156 g/mol. The van der Waals surface area contributed by atoms with Crippen molar-refractivity contribution in [3.63, 3.8) is 0 Å². The first-order valence-electron chi connectivity index (χ1n) is 4.63. The average molecular weight is 156 g/mol. The van der Waals surface area contributed by atoms with Crippen molar-refractivity contribution in [1.82, 2.24) is 0 Å². The van der Waals surface area contributed by atoms with E-state index in [1.807, 2.05) is 7.11 Å². The molecule has 1 unspecified atom stereocenters. The van der Waals surface area contributed by atoms with Crippen LogP contribution in [0.3, 0.4) is 0 Å². The molecule has 0 N–H and O–H groups in total. The van der Waals surface area contributed by atoms with Gasteiger partial charge < -0.3 is 4.74 Å². The number of methoxy groups -OCH3 is 1. The molecule has 0 heterocycles. The van der Waals surface area contributed by atoms with Crippen LogP contribution in [0.2, 0.25) is 0 Å². The van der Waals surface area contributed by atoms with Crippen LogP contribution in [0, 0.1) is 11.3 Å². The van der Waals surface area contributed by atoms with Gasteiger partial charge in [0.15, 0.2) is 0 Å². The lowest BCUT2D eigenvalue weighted by Gasteiger charge is -2.34. The molecule has 0 radical (unpaired) electrons. The van der Waals surface area contributed by atoms with Crippen LogP contribution in [0.25, 0.3) is 0 Å². The van der Waals surface area contributed by atoms with Crippen LogP contribution in [0.15, 0.2) is 0 Å². The normalized spacial score (nSPS) is 30.3. The second-order valence-corrected chi connectivity index (χ2v) is 4.58. The number of rotatable bonds is 2. The summed E-state index contributed by atoms with van der Waals surface area (Å²) in [5.74, 6) is 0.823. The van der Waals surface area contributed by atoms with Crippen molar-refractivity contribution in [2.24, 2.45) is 11.3 Å². The predicted octanol–water partition coefficient (Wildman–Crippen LogP) is 2.85. The van der Waals surface area contributed by atoms with Crippen LogP contribution in [-0.4, -0.2) is 13.7 Å². The first-order chi connectivity index (χ1) is 5.14. The van der Waals surface area contributed by atoms with E-state index in [0.29, 0.717) is 5.41 Å². The molecule has 0 aromatic carbocycles. The lowest BCUT2D eigenvalue weighted by Crippen LogP contribution is -2.25. The van der Waals surface area contributed by atoms with Gasteiger partial charge in [-0.2, -0.15) is 0 Å². The quantitative estimate of drug-likeness (QED) is 0.597.